The van der Waals surface area contributed by atoms with E-state index >= 15 is 0 Å². The van der Waals surface area contributed by atoms with Crippen LogP contribution >= 0.6 is 0 Å². The van der Waals surface area contributed by atoms with Crippen molar-refractivity contribution in [3.63, 3.8) is 0 Å². The topological polar surface area (TPSA) is 102 Å². The number of para-hydroxylation sites is 1. The van der Waals surface area contributed by atoms with E-state index in [1.807, 2.05) is 78.9 Å². The second-order valence-corrected chi connectivity index (χ2v) is 11.1. The van der Waals surface area contributed by atoms with Crippen LogP contribution < -0.4 is 10.1 Å². The van der Waals surface area contributed by atoms with Gasteiger partial charge in [-0.25, -0.2) is 4.79 Å². The average molecular weight is 573 g/mol. The molecule has 0 radical (unpaired) electrons. The molecular formula is C35H28N2O6. The molecule has 1 N–H and O–H groups in total. The summed E-state index contributed by atoms with van der Waals surface area (Å²) in [4.78, 5) is 54.3. The summed E-state index contributed by atoms with van der Waals surface area (Å²) in [5, 5.41) is 2.68. The Bertz CT molecular complexity index is 1640. The number of carbonyl (C=O) groups excluding carboxylic acids is 4. The highest BCUT2D eigenvalue weighted by atomic mass is 16.5. The number of hydrogen-bond donors (Lipinski definition) is 1. The number of esters is 1. The molecule has 4 aliphatic rings. The first-order valence-electron chi connectivity index (χ1n) is 14.3. The van der Waals surface area contributed by atoms with Crippen molar-refractivity contribution in [2.24, 2.45) is 11.8 Å². The molecule has 4 aromatic rings. The summed E-state index contributed by atoms with van der Waals surface area (Å²) in [6.45, 7) is 0.914. The summed E-state index contributed by atoms with van der Waals surface area (Å²) in [7, 11) is 0. The van der Waals surface area contributed by atoms with Crippen LogP contribution in [0.3, 0.4) is 0 Å². The number of hydrogen-bond acceptors (Lipinski definition) is 6. The van der Waals surface area contributed by atoms with E-state index in [0.29, 0.717) is 17.2 Å². The summed E-state index contributed by atoms with van der Waals surface area (Å²) in [6.07, 6.45) is 0. The normalized spacial score (nSPS) is 21.8. The molecule has 43 heavy (non-hydrogen) atoms. The summed E-state index contributed by atoms with van der Waals surface area (Å²) in [6, 6.07) is 30.8. The zero-order valence-corrected chi connectivity index (χ0v) is 23.3. The van der Waals surface area contributed by atoms with Gasteiger partial charge in [0.1, 0.15) is 17.5 Å². The first-order valence-corrected chi connectivity index (χ1v) is 14.3. The van der Waals surface area contributed by atoms with Crippen LogP contribution in [0.1, 0.15) is 41.0 Å². The fourth-order valence-corrected chi connectivity index (χ4v) is 6.87. The van der Waals surface area contributed by atoms with Crippen LogP contribution in [0.2, 0.25) is 0 Å². The molecule has 4 aromatic carbocycles. The number of amides is 3. The van der Waals surface area contributed by atoms with Gasteiger partial charge in [-0.15, -0.1) is 0 Å². The minimum Gasteiger partial charge on any atom is -0.457 e. The molecule has 3 amide bonds. The Morgan fingerprint density at radius 1 is 0.698 bits per heavy atom. The van der Waals surface area contributed by atoms with Crippen molar-refractivity contribution in [1.82, 2.24) is 4.90 Å². The average Bonchev–Trinajstić information content (AvgIpc) is 3.30. The van der Waals surface area contributed by atoms with E-state index in [-0.39, 0.29) is 23.7 Å². The second-order valence-electron chi connectivity index (χ2n) is 11.1. The molecule has 8 nitrogen and oxygen atoms in total. The summed E-state index contributed by atoms with van der Waals surface area (Å²) < 4.78 is 11.0. The van der Waals surface area contributed by atoms with Crippen molar-refractivity contribution >= 4 is 29.4 Å². The maximum atomic E-state index is 13.8. The maximum Gasteiger partial charge on any atom is 0.329 e. The molecule has 0 saturated carbocycles. The summed E-state index contributed by atoms with van der Waals surface area (Å²) in [5.41, 5.74) is 4.73. The molecule has 3 atom stereocenters. The largest absolute Gasteiger partial charge is 0.457 e. The lowest BCUT2D eigenvalue weighted by atomic mass is 9.55. The monoisotopic (exact) mass is 572 g/mol. The summed E-state index contributed by atoms with van der Waals surface area (Å²) >= 11 is 0. The van der Waals surface area contributed by atoms with Gasteiger partial charge < -0.3 is 14.8 Å². The quantitative estimate of drug-likeness (QED) is 0.240. The second kappa shape index (κ2) is 10.5. The van der Waals surface area contributed by atoms with Gasteiger partial charge in [-0.2, -0.15) is 0 Å². The predicted octanol–water partition coefficient (Wildman–Crippen LogP) is 5.24. The lowest BCUT2D eigenvalue weighted by Crippen LogP contribution is -2.45. The Kier molecular flexibility index (Phi) is 6.54. The van der Waals surface area contributed by atoms with E-state index in [1.165, 1.54) is 6.92 Å². The maximum absolute atomic E-state index is 13.8. The number of carbonyl (C=O) groups is 4. The van der Waals surface area contributed by atoms with E-state index in [2.05, 4.69) is 5.32 Å². The van der Waals surface area contributed by atoms with E-state index in [9.17, 15) is 19.2 Å². The zero-order chi connectivity index (χ0) is 29.7. The number of rotatable bonds is 7. The van der Waals surface area contributed by atoms with Crippen LogP contribution in [-0.2, 0) is 23.9 Å². The first kappa shape index (κ1) is 26.6. The van der Waals surface area contributed by atoms with Crippen LogP contribution in [0.5, 0.6) is 11.5 Å². The minimum atomic E-state index is -1.17. The number of imide groups is 1. The fraction of sp³-hybridized carbons (Fsp3) is 0.200. The van der Waals surface area contributed by atoms with Gasteiger partial charge in [0.15, 0.2) is 6.61 Å². The number of ether oxygens (including phenoxy) is 2. The molecule has 0 spiro atoms. The van der Waals surface area contributed by atoms with Crippen LogP contribution in [0, 0.1) is 11.8 Å². The molecule has 3 aliphatic carbocycles. The van der Waals surface area contributed by atoms with Crippen LogP contribution in [0.25, 0.3) is 0 Å². The number of benzene rings is 4. The third kappa shape index (κ3) is 4.46. The van der Waals surface area contributed by atoms with E-state index in [4.69, 9.17) is 9.47 Å². The Hall–Kier alpha value is -5.24. The fourth-order valence-electron chi connectivity index (χ4n) is 6.87. The molecule has 0 aromatic heterocycles. The Morgan fingerprint density at radius 2 is 1.16 bits per heavy atom. The van der Waals surface area contributed by atoms with Gasteiger partial charge in [-0.05, 0) is 65.6 Å². The number of likely N-dealkylation sites (tertiary alicyclic amines) is 1. The molecule has 1 fully saturated rings. The predicted molar refractivity (Wildman–Crippen MR) is 157 cm³/mol. The lowest BCUT2D eigenvalue weighted by Gasteiger charge is -2.45. The third-order valence-electron chi connectivity index (χ3n) is 8.67. The Labute approximate surface area is 248 Å². The smallest absolute Gasteiger partial charge is 0.329 e. The molecule has 8 rings (SSSR count). The SMILES string of the molecule is C[C@@H](C(=O)OCC(=O)Nc1ccc(Oc2ccccc2)cc1)N1C(=O)[C@@H]2C3c4ccccc4C(c4ccccc43)[C@@H]2C1=O. The van der Waals surface area contributed by atoms with Gasteiger partial charge in [-0.1, -0.05) is 66.7 Å². The minimum absolute atomic E-state index is 0.262. The van der Waals surface area contributed by atoms with Crippen molar-refractivity contribution in [3.8, 4) is 11.5 Å². The highest BCUT2D eigenvalue weighted by Gasteiger charge is 2.62. The van der Waals surface area contributed by atoms with Crippen LogP contribution in [0.4, 0.5) is 5.69 Å². The number of anilines is 1. The third-order valence-corrected chi connectivity index (χ3v) is 8.67. The van der Waals surface area contributed by atoms with Gasteiger partial charge in [-0.3, -0.25) is 19.3 Å². The molecular weight excluding hydrogens is 544 g/mol. The number of nitrogens with zero attached hydrogens (tertiary/aromatic N) is 1. The van der Waals surface area contributed by atoms with Gasteiger partial charge in [0.05, 0.1) is 11.8 Å². The van der Waals surface area contributed by atoms with Crippen molar-refractivity contribution in [3.05, 3.63) is 125 Å². The first-order chi connectivity index (χ1) is 20.9. The van der Waals surface area contributed by atoms with E-state index in [0.717, 1.165) is 27.2 Å². The van der Waals surface area contributed by atoms with Gasteiger partial charge in [0, 0.05) is 17.5 Å². The molecule has 214 valence electrons. The Balaban J connectivity index is 1.01. The van der Waals surface area contributed by atoms with Crippen LogP contribution in [0.15, 0.2) is 103 Å². The van der Waals surface area contributed by atoms with Crippen LogP contribution in [-0.4, -0.2) is 41.2 Å². The lowest BCUT2D eigenvalue weighted by molar-refractivity contribution is -0.159. The molecule has 1 heterocycles. The zero-order valence-electron chi connectivity index (χ0n) is 23.3. The summed E-state index contributed by atoms with van der Waals surface area (Å²) in [5.74, 6) is -2.52. The highest BCUT2D eigenvalue weighted by Crippen LogP contribution is 2.61. The molecule has 0 unspecified atom stereocenters. The van der Waals surface area contributed by atoms with Gasteiger partial charge >= 0.3 is 5.97 Å². The van der Waals surface area contributed by atoms with Gasteiger partial charge in [0.2, 0.25) is 11.8 Å². The molecule has 1 aliphatic heterocycles. The highest BCUT2D eigenvalue weighted by molar-refractivity contribution is 6.10. The van der Waals surface area contributed by atoms with Crippen molar-refractivity contribution in [2.45, 2.75) is 24.8 Å². The molecule has 1 saturated heterocycles. The molecule has 8 heteroatoms. The standard InChI is InChI=1S/C35H28N2O6/c1-20(35(41)42-19-28(38)36-21-15-17-23(18-16-21)43-22-9-3-2-4-10-22)37-33(39)31-29-24-11-5-6-12-25(24)30(32(31)34(37)40)27-14-8-7-13-26(27)29/h2-18,20,29-32H,19H2,1H3,(H,36,38)/t20-,29?,30?,31-,32+/m0/s1. The van der Waals surface area contributed by atoms with Crippen molar-refractivity contribution < 1.29 is 28.7 Å². The molecule has 2 bridgehead atoms. The van der Waals surface area contributed by atoms with Gasteiger partial charge in [0.25, 0.3) is 5.91 Å². The van der Waals surface area contributed by atoms with E-state index < -0.39 is 36.4 Å². The Morgan fingerprint density at radius 3 is 1.67 bits per heavy atom. The van der Waals surface area contributed by atoms with Crippen molar-refractivity contribution in [2.75, 3.05) is 11.9 Å². The van der Waals surface area contributed by atoms with E-state index in [1.54, 1.807) is 24.3 Å². The van der Waals surface area contributed by atoms with Crippen molar-refractivity contribution in [1.29, 1.82) is 0 Å². The number of nitrogens with one attached hydrogen (secondary N) is 1.